The molecule has 218 valence electrons. The summed E-state index contributed by atoms with van der Waals surface area (Å²) in [6, 6.07) is 18.6. The lowest BCUT2D eigenvalue weighted by Crippen LogP contribution is -2.58. The molecule has 2 aromatic carbocycles. The Hall–Kier alpha value is -3.46. The number of imide groups is 1. The summed E-state index contributed by atoms with van der Waals surface area (Å²) < 4.78 is 43.5. The largest absolute Gasteiger partial charge is 0.481 e. The summed E-state index contributed by atoms with van der Waals surface area (Å²) in [5.41, 5.74) is 3.92. The smallest absolute Gasteiger partial charge is 0.261 e. The van der Waals surface area contributed by atoms with Crippen LogP contribution >= 0.6 is 0 Å². The number of amides is 2. The summed E-state index contributed by atoms with van der Waals surface area (Å²) in [5, 5.41) is 20.7. The molecule has 2 aliphatic rings. The number of ether oxygens (including phenoxy) is 2. The second-order valence-corrected chi connectivity index (χ2v) is 10.3. The van der Waals surface area contributed by atoms with Crippen molar-refractivity contribution in [2.75, 3.05) is 13.7 Å². The van der Waals surface area contributed by atoms with E-state index in [1.807, 2.05) is 36.4 Å². The third kappa shape index (κ3) is 7.64. The van der Waals surface area contributed by atoms with Crippen LogP contribution in [-0.4, -0.2) is 68.7 Å². The van der Waals surface area contributed by atoms with E-state index in [1.54, 1.807) is 37.6 Å². The zero-order valence-corrected chi connectivity index (χ0v) is 22.7. The van der Waals surface area contributed by atoms with Crippen LogP contribution in [0.4, 0.5) is 0 Å². The molecule has 13 heteroatoms. The molecule has 1 fully saturated rings. The summed E-state index contributed by atoms with van der Waals surface area (Å²) in [7, 11) is -3.11. The van der Waals surface area contributed by atoms with Gasteiger partial charge in [-0.25, -0.2) is 4.98 Å². The second kappa shape index (κ2) is 13.0. The van der Waals surface area contributed by atoms with Gasteiger partial charge in [-0.05, 0) is 48.6 Å². The molecule has 4 atom stereocenters. The highest BCUT2D eigenvalue weighted by molar-refractivity contribution is 6.21. The lowest BCUT2D eigenvalue weighted by molar-refractivity contribution is -1.92. The van der Waals surface area contributed by atoms with E-state index in [2.05, 4.69) is 4.98 Å². The van der Waals surface area contributed by atoms with E-state index in [0.29, 0.717) is 36.3 Å². The number of fused-ring (bicyclic) bond motifs is 1. The molecule has 2 aliphatic heterocycles. The number of hydrogen-bond acceptors (Lipinski definition) is 11. The molecular formula is C28H29ClN2O10. The van der Waals surface area contributed by atoms with Gasteiger partial charge in [0.15, 0.2) is 6.29 Å². The van der Waals surface area contributed by atoms with Gasteiger partial charge < -0.3 is 19.7 Å². The molecule has 0 bridgehead atoms. The molecule has 5 rings (SSSR count). The van der Waals surface area contributed by atoms with Crippen molar-refractivity contribution in [3.8, 4) is 17.0 Å². The van der Waals surface area contributed by atoms with Gasteiger partial charge >= 0.3 is 0 Å². The molecule has 0 spiro atoms. The highest BCUT2D eigenvalue weighted by atomic mass is 35.7. The van der Waals surface area contributed by atoms with Crippen LogP contribution in [0.3, 0.4) is 0 Å². The van der Waals surface area contributed by atoms with Crippen molar-refractivity contribution < 1.29 is 58.2 Å². The molecule has 2 amide bonds. The second-order valence-electron chi connectivity index (χ2n) is 9.54. The van der Waals surface area contributed by atoms with Gasteiger partial charge in [0.25, 0.3) is 11.8 Å². The first kappa shape index (κ1) is 30.5. The number of carbonyl (C=O) groups excluding carboxylic acids is 2. The summed E-state index contributed by atoms with van der Waals surface area (Å²) in [6.07, 6.45) is 0.636. The molecule has 3 N–H and O–H groups in total. The van der Waals surface area contributed by atoms with Crippen molar-refractivity contribution in [3.05, 3.63) is 83.6 Å². The Morgan fingerprint density at radius 1 is 0.927 bits per heavy atom. The minimum atomic E-state index is -4.69. The number of benzene rings is 2. The van der Waals surface area contributed by atoms with Crippen molar-refractivity contribution in [2.45, 2.75) is 37.8 Å². The highest BCUT2D eigenvalue weighted by Gasteiger charge is 2.43. The lowest BCUT2D eigenvalue weighted by Gasteiger charge is -2.22. The molecule has 41 heavy (non-hydrogen) atoms. The number of carbonyl (C=O) groups is 2. The number of hydrogen-bond donors (Lipinski definition) is 3. The zero-order chi connectivity index (χ0) is 29.7. The number of halogens is 1. The minimum absolute atomic E-state index is 0.158. The van der Waals surface area contributed by atoms with E-state index in [-0.39, 0.29) is 18.4 Å². The summed E-state index contributed by atoms with van der Waals surface area (Å²) in [5.74, 6) is -0.482. The van der Waals surface area contributed by atoms with Crippen molar-refractivity contribution in [3.63, 3.8) is 0 Å². The van der Waals surface area contributed by atoms with Crippen LogP contribution in [-0.2, 0) is 11.2 Å². The normalized spacial score (nSPS) is 21.9. The molecule has 0 saturated carbocycles. The van der Waals surface area contributed by atoms with Crippen LogP contribution in [0.25, 0.3) is 11.1 Å². The fourth-order valence-electron chi connectivity index (χ4n) is 5.00. The fourth-order valence-corrected chi connectivity index (χ4v) is 5.00. The third-order valence-electron chi connectivity index (χ3n) is 7.04. The number of nitrogens with zero attached hydrogens (tertiary/aromatic N) is 2. The van der Waals surface area contributed by atoms with Gasteiger partial charge in [-0.15, -0.1) is 0 Å². The fraction of sp³-hybridized carbons (Fsp3) is 0.321. The van der Waals surface area contributed by atoms with Crippen LogP contribution in [0, 0.1) is 16.2 Å². The van der Waals surface area contributed by atoms with Gasteiger partial charge in [0.1, 0.15) is 6.10 Å². The van der Waals surface area contributed by atoms with Gasteiger partial charge in [-0.1, -0.05) is 36.4 Å². The van der Waals surface area contributed by atoms with Crippen LogP contribution in [0.2, 0.25) is 0 Å². The van der Waals surface area contributed by atoms with Crippen molar-refractivity contribution in [1.29, 1.82) is 0 Å². The number of aromatic nitrogens is 1. The maximum absolute atomic E-state index is 12.7. The molecule has 1 saturated heterocycles. The summed E-state index contributed by atoms with van der Waals surface area (Å²) in [4.78, 5) is 30.8. The molecule has 3 heterocycles. The van der Waals surface area contributed by atoms with Crippen molar-refractivity contribution >= 4 is 11.8 Å². The average molecular weight is 589 g/mol. The Labute approximate surface area is 237 Å². The van der Waals surface area contributed by atoms with E-state index in [1.165, 1.54) is 4.90 Å². The molecule has 1 aromatic heterocycles. The quantitative estimate of drug-likeness (QED) is 0.271. The number of pyridine rings is 1. The number of methoxy groups -OCH3 is 1. The zero-order valence-electron chi connectivity index (χ0n) is 22.0. The average Bonchev–Trinajstić information content (AvgIpc) is 3.36. The van der Waals surface area contributed by atoms with Crippen LogP contribution in [0.1, 0.15) is 39.1 Å². The summed E-state index contributed by atoms with van der Waals surface area (Å²) in [6.45, 7) is 0.158. The third-order valence-corrected chi connectivity index (χ3v) is 7.04. The first-order valence-electron chi connectivity index (χ1n) is 12.7. The van der Waals surface area contributed by atoms with Gasteiger partial charge in [-0.3, -0.25) is 14.5 Å². The highest BCUT2D eigenvalue weighted by Crippen LogP contribution is 2.33. The monoisotopic (exact) mass is 588 g/mol. The van der Waals surface area contributed by atoms with E-state index in [9.17, 15) is 19.8 Å². The first-order valence-corrected chi connectivity index (χ1v) is 13.9. The van der Waals surface area contributed by atoms with E-state index >= 15 is 0 Å². The Morgan fingerprint density at radius 2 is 1.51 bits per heavy atom. The Kier molecular flexibility index (Phi) is 9.68. The van der Waals surface area contributed by atoms with Gasteiger partial charge in [0.2, 0.25) is 5.88 Å². The number of aryl methyl sites for hydroxylation is 1. The maximum atomic E-state index is 12.7. The number of rotatable bonds is 8. The Morgan fingerprint density at radius 3 is 2.05 bits per heavy atom. The minimum Gasteiger partial charge on any atom is -0.481 e. The maximum Gasteiger partial charge on any atom is 0.261 e. The van der Waals surface area contributed by atoms with Crippen molar-refractivity contribution in [1.82, 2.24) is 9.88 Å². The Bertz CT molecular complexity index is 1310. The lowest BCUT2D eigenvalue weighted by atomic mass is 9.90. The van der Waals surface area contributed by atoms with E-state index in [0.717, 1.165) is 16.7 Å². The van der Waals surface area contributed by atoms with E-state index in [4.69, 9.17) is 28.1 Å². The molecule has 0 aliphatic carbocycles. The number of aliphatic hydroxyl groups excluding tert-OH is 2. The van der Waals surface area contributed by atoms with Gasteiger partial charge in [0, 0.05) is 30.3 Å². The molecule has 12 nitrogen and oxygen atoms in total. The van der Waals surface area contributed by atoms with Gasteiger partial charge in [-0.2, -0.15) is 14.0 Å². The predicted octanol–water partition coefficient (Wildman–Crippen LogP) is -1.05. The standard InChI is InChI=1S/C28H28N2O6.ClHO4/c1-35-24-13-11-19(16-29-24)18-9-6-17(7-10-18)8-12-23-22(25(31)28(34)36-23)14-15-30-26(32)20-4-2-3-5-21(20)27(30)33;2-1(3,4)5/h2-7,9-11,13,16,22-23,25,28,31,34H,8,12,14-15H2,1H3;(H,2,3,4,5)/t22-,23+,25-,28+;/m0./s1. The SMILES string of the molecule is COc1ccc(-c2ccc(CC[C@H]3O[C@@H](O)[C@@H](O)[C@H]3CCN3C(=O)c4ccccc4C3=O)cc2)cn1.[O-][Cl+3]([O-])([O-])O. The molecular weight excluding hydrogens is 560 g/mol. The molecule has 0 unspecified atom stereocenters. The van der Waals surface area contributed by atoms with Crippen molar-refractivity contribution in [2.24, 2.45) is 5.92 Å². The Balaban J connectivity index is 0.000000714. The molecule has 3 aromatic rings. The van der Waals surface area contributed by atoms with Crippen LogP contribution < -0.4 is 18.7 Å². The first-order chi connectivity index (χ1) is 19.5. The van der Waals surface area contributed by atoms with Crippen LogP contribution in [0.5, 0.6) is 5.88 Å². The van der Waals surface area contributed by atoms with Gasteiger partial charge in [0.05, 0.1) is 39.2 Å². The molecule has 0 radical (unpaired) electrons. The number of aliphatic hydroxyl groups is 2. The summed E-state index contributed by atoms with van der Waals surface area (Å²) >= 11 is 0. The van der Waals surface area contributed by atoms with Crippen LogP contribution in [0.15, 0.2) is 66.9 Å². The predicted molar refractivity (Wildman–Crippen MR) is 134 cm³/mol. The van der Waals surface area contributed by atoms with E-state index < -0.39 is 34.7 Å². The topological polar surface area (TPSA) is 199 Å².